The van der Waals surface area contributed by atoms with Crippen LogP contribution in [0.2, 0.25) is 0 Å². The molecular formula is C9H17N2+. The Morgan fingerprint density at radius 2 is 1.73 bits per heavy atom. The monoisotopic (exact) mass is 153 g/mol. The van der Waals surface area contributed by atoms with Gasteiger partial charge in [0.2, 0.25) is 0 Å². The van der Waals surface area contributed by atoms with Gasteiger partial charge in [0.1, 0.15) is 0 Å². The molecule has 3 aliphatic heterocycles. The summed E-state index contributed by atoms with van der Waals surface area (Å²) in [6, 6.07) is 0. The Kier molecular flexibility index (Phi) is 1.06. The molecular weight excluding hydrogens is 136 g/mol. The fraction of sp³-hybridized carbons (Fsp3) is 1.00. The van der Waals surface area contributed by atoms with Gasteiger partial charge in [0, 0.05) is 25.7 Å². The largest absolute Gasteiger partial charge is 0.305 e. The Bertz CT molecular complexity index is 141. The van der Waals surface area contributed by atoms with Crippen LogP contribution in [-0.4, -0.2) is 36.3 Å². The fourth-order valence-electron chi connectivity index (χ4n) is 3.77. The lowest BCUT2D eigenvalue weighted by atomic mass is 10.1. The van der Waals surface area contributed by atoms with E-state index in [1.807, 2.05) is 0 Å². The third-order valence-electron chi connectivity index (χ3n) is 4.25. The van der Waals surface area contributed by atoms with Gasteiger partial charge in [-0.3, -0.25) is 5.32 Å². The van der Waals surface area contributed by atoms with E-state index in [0.29, 0.717) is 5.66 Å². The summed E-state index contributed by atoms with van der Waals surface area (Å²) in [7, 11) is 0. The molecule has 62 valence electrons. The summed E-state index contributed by atoms with van der Waals surface area (Å²) in [5.74, 6) is 0. The number of quaternary nitrogens is 1. The lowest BCUT2D eigenvalue weighted by Gasteiger charge is -2.36. The van der Waals surface area contributed by atoms with Crippen molar-refractivity contribution < 1.29 is 4.48 Å². The van der Waals surface area contributed by atoms with E-state index in [1.54, 1.807) is 0 Å². The Hall–Kier alpha value is -0.0800. The number of hydrogen-bond acceptors (Lipinski definition) is 1. The average molecular weight is 153 g/mol. The van der Waals surface area contributed by atoms with Crippen molar-refractivity contribution in [2.75, 3.05) is 26.2 Å². The number of hydrogen-bond donors (Lipinski definition) is 1. The van der Waals surface area contributed by atoms with Gasteiger partial charge in [-0.2, -0.15) is 0 Å². The Morgan fingerprint density at radius 1 is 1.00 bits per heavy atom. The molecule has 0 amide bonds. The number of nitrogens with zero attached hydrogens (tertiary/aromatic N) is 1. The third kappa shape index (κ3) is 0.574. The van der Waals surface area contributed by atoms with Gasteiger partial charge in [-0.1, -0.05) is 0 Å². The van der Waals surface area contributed by atoms with Crippen molar-refractivity contribution in [2.45, 2.75) is 31.3 Å². The predicted octanol–water partition coefficient (Wildman–Crippen LogP) is 0.690. The van der Waals surface area contributed by atoms with Crippen LogP contribution in [0, 0.1) is 0 Å². The van der Waals surface area contributed by atoms with Crippen molar-refractivity contribution in [1.82, 2.24) is 5.32 Å². The van der Waals surface area contributed by atoms with Crippen molar-refractivity contribution in [1.29, 1.82) is 0 Å². The quantitative estimate of drug-likeness (QED) is 0.505. The highest BCUT2D eigenvalue weighted by Gasteiger charge is 2.60. The standard InChI is InChI=1S/C9H17N2/c1-3-9-4-2-7-11(9,6-1)8-5-10-9/h10H,1-8H2/q+1. The topological polar surface area (TPSA) is 12.0 Å². The summed E-state index contributed by atoms with van der Waals surface area (Å²) in [6.45, 7) is 5.62. The van der Waals surface area contributed by atoms with Gasteiger partial charge in [-0.15, -0.1) is 0 Å². The van der Waals surface area contributed by atoms with Crippen LogP contribution in [0.3, 0.4) is 0 Å². The molecule has 2 heteroatoms. The molecule has 3 fully saturated rings. The summed E-state index contributed by atoms with van der Waals surface area (Å²) >= 11 is 0. The van der Waals surface area contributed by atoms with Crippen LogP contribution >= 0.6 is 0 Å². The maximum absolute atomic E-state index is 3.76. The zero-order valence-corrected chi connectivity index (χ0v) is 7.10. The Morgan fingerprint density at radius 3 is 2.36 bits per heavy atom. The van der Waals surface area contributed by atoms with E-state index < -0.39 is 0 Å². The second-order valence-corrected chi connectivity index (χ2v) is 4.48. The van der Waals surface area contributed by atoms with Crippen molar-refractivity contribution >= 4 is 0 Å². The summed E-state index contributed by atoms with van der Waals surface area (Å²) < 4.78 is 1.45. The molecule has 0 spiro atoms. The van der Waals surface area contributed by atoms with Gasteiger partial charge in [0.15, 0.2) is 5.66 Å². The minimum Gasteiger partial charge on any atom is -0.305 e. The Balaban J connectivity index is 2.06. The molecule has 3 rings (SSSR count). The SMILES string of the molecule is C1CC23CCC[N+]2(C1)CCN3. The highest BCUT2D eigenvalue weighted by Crippen LogP contribution is 2.46. The molecule has 3 aliphatic rings. The van der Waals surface area contributed by atoms with Gasteiger partial charge in [-0.05, 0) is 0 Å². The van der Waals surface area contributed by atoms with Gasteiger partial charge < -0.3 is 4.48 Å². The van der Waals surface area contributed by atoms with Gasteiger partial charge in [0.25, 0.3) is 0 Å². The van der Waals surface area contributed by atoms with Gasteiger partial charge in [0.05, 0.1) is 26.2 Å². The molecule has 0 saturated carbocycles. The van der Waals surface area contributed by atoms with E-state index in [0.717, 1.165) is 0 Å². The first-order valence-electron chi connectivity index (χ1n) is 4.98. The number of rotatable bonds is 0. The normalized spacial score (nSPS) is 54.5. The molecule has 0 radical (unpaired) electrons. The summed E-state index contributed by atoms with van der Waals surface area (Å²) in [6.07, 6.45) is 5.83. The van der Waals surface area contributed by atoms with E-state index >= 15 is 0 Å². The first-order valence-corrected chi connectivity index (χ1v) is 4.98. The second-order valence-electron chi connectivity index (χ2n) is 4.48. The van der Waals surface area contributed by atoms with Crippen LogP contribution in [0.15, 0.2) is 0 Å². The zero-order chi connectivity index (χ0) is 7.36. The molecule has 0 aromatic heterocycles. The molecule has 0 atom stereocenters. The van der Waals surface area contributed by atoms with E-state index in [9.17, 15) is 0 Å². The molecule has 0 aliphatic carbocycles. The smallest absolute Gasteiger partial charge is 0.153 e. The van der Waals surface area contributed by atoms with E-state index in [2.05, 4.69) is 5.32 Å². The highest BCUT2D eigenvalue weighted by atomic mass is 15.5. The van der Waals surface area contributed by atoms with Crippen molar-refractivity contribution in [3.05, 3.63) is 0 Å². The molecule has 11 heavy (non-hydrogen) atoms. The molecule has 3 saturated heterocycles. The summed E-state index contributed by atoms with van der Waals surface area (Å²) in [5, 5.41) is 3.76. The molecule has 0 aromatic rings. The van der Waals surface area contributed by atoms with E-state index in [-0.39, 0.29) is 0 Å². The molecule has 1 N–H and O–H groups in total. The van der Waals surface area contributed by atoms with Crippen LogP contribution in [-0.2, 0) is 0 Å². The first-order chi connectivity index (χ1) is 5.37. The molecule has 0 aromatic carbocycles. The van der Waals surface area contributed by atoms with Crippen LogP contribution in [0.1, 0.15) is 25.7 Å². The maximum atomic E-state index is 3.76. The maximum Gasteiger partial charge on any atom is 0.153 e. The van der Waals surface area contributed by atoms with Crippen LogP contribution in [0.5, 0.6) is 0 Å². The lowest BCUT2D eigenvalue weighted by molar-refractivity contribution is -0.940. The lowest BCUT2D eigenvalue weighted by Crippen LogP contribution is -2.56. The fourth-order valence-corrected chi connectivity index (χ4v) is 3.77. The average Bonchev–Trinajstić information content (AvgIpc) is 2.40. The highest BCUT2D eigenvalue weighted by molar-refractivity contribution is 4.92. The van der Waals surface area contributed by atoms with Crippen LogP contribution in [0.4, 0.5) is 0 Å². The number of nitrogens with one attached hydrogen (secondary N) is 1. The summed E-state index contributed by atoms with van der Waals surface area (Å²) in [5.41, 5.74) is 0.583. The van der Waals surface area contributed by atoms with Crippen molar-refractivity contribution in [2.24, 2.45) is 0 Å². The molecule has 0 bridgehead atoms. The Labute approximate surface area is 68.2 Å². The second kappa shape index (κ2) is 1.80. The van der Waals surface area contributed by atoms with Crippen molar-refractivity contribution in [3.63, 3.8) is 0 Å². The van der Waals surface area contributed by atoms with Gasteiger partial charge in [-0.25, -0.2) is 0 Å². The first kappa shape index (κ1) is 6.44. The van der Waals surface area contributed by atoms with E-state index in [1.165, 1.54) is 56.3 Å². The summed E-state index contributed by atoms with van der Waals surface area (Å²) in [4.78, 5) is 0. The zero-order valence-electron chi connectivity index (χ0n) is 7.10. The predicted molar refractivity (Wildman–Crippen MR) is 44.1 cm³/mol. The van der Waals surface area contributed by atoms with E-state index in [4.69, 9.17) is 0 Å². The molecule has 3 heterocycles. The van der Waals surface area contributed by atoms with Crippen LogP contribution < -0.4 is 5.32 Å². The molecule has 2 nitrogen and oxygen atoms in total. The minimum atomic E-state index is 0.583. The molecule has 0 unspecified atom stereocenters. The van der Waals surface area contributed by atoms with Crippen molar-refractivity contribution in [3.8, 4) is 0 Å². The van der Waals surface area contributed by atoms with Gasteiger partial charge >= 0.3 is 0 Å². The van der Waals surface area contributed by atoms with Crippen LogP contribution in [0.25, 0.3) is 0 Å². The third-order valence-corrected chi connectivity index (χ3v) is 4.25. The minimum absolute atomic E-state index is 0.583.